The van der Waals surface area contributed by atoms with Crippen molar-refractivity contribution < 1.29 is 27.5 Å². The number of nitrogens with zero attached hydrogens (tertiary/aromatic N) is 1. The number of amides is 1. The standard InChI is InChI=1S/C18H26N2O6S/c1-3-11-27(23,24)20-10-4-5-14(12-20)18(22)19-15-6-8-16(9-7-15)26-13-17(21)25-2/h6-9,14H,3-5,10-13H2,1-2H3,(H,19,22). The van der Waals surface area contributed by atoms with Crippen molar-refractivity contribution >= 4 is 27.6 Å². The monoisotopic (exact) mass is 398 g/mol. The lowest BCUT2D eigenvalue weighted by Crippen LogP contribution is -2.44. The maximum Gasteiger partial charge on any atom is 0.343 e. The molecule has 0 spiro atoms. The van der Waals surface area contributed by atoms with E-state index >= 15 is 0 Å². The van der Waals surface area contributed by atoms with E-state index in [1.807, 2.05) is 6.92 Å². The molecule has 1 atom stereocenters. The molecule has 1 amide bonds. The Balaban J connectivity index is 1.91. The van der Waals surface area contributed by atoms with E-state index in [9.17, 15) is 18.0 Å². The lowest BCUT2D eigenvalue weighted by atomic mass is 9.99. The number of ether oxygens (including phenoxy) is 2. The van der Waals surface area contributed by atoms with E-state index in [4.69, 9.17) is 4.74 Å². The molecule has 8 nitrogen and oxygen atoms in total. The van der Waals surface area contributed by atoms with Crippen LogP contribution in [0.4, 0.5) is 5.69 Å². The highest BCUT2D eigenvalue weighted by atomic mass is 32.2. The highest BCUT2D eigenvalue weighted by Crippen LogP contribution is 2.22. The van der Waals surface area contributed by atoms with Crippen LogP contribution in [0.5, 0.6) is 5.75 Å². The molecule has 27 heavy (non-hydrogen) atoms. The maximum absolute atomic E-state index is 12.5. The van der Waals surface area contributed by atoms with Crippen molar-refractivity contribution in [2.75, 3.05) is 37.9 Å². The molecule has 0 aromatic heterocycles. The molecule has 0 saturated carbocycles. The molecule has 1 saturated heterocycles. The molecule has 1 fully saturated rings. The van der Waals surface area contributed by atoms with Crippen LogP contribution in [0, 0.1) is 5.92 Å². The van der Waals surface area contributed by atoms with Gasteiger partial charge in [-0.3, -0.25) is 4.79 Å². The topological polar surface area (TPSA) is 102 Å². The van der Waals surface area contributed by atoms with E-state index in [0.717, 1.165) is 0 Å². The van der Waals surface area contributed by atoms with Gasteiger partial charge in [-0.15, -0.1) is 0 Å². The predicted molar refractivity (Wildman–Crippen MR) is 101 cm³/mol. The summed E-state index contributed by atoms with van der Waals surface area (Å²) >= 11 is 0. The summed E-state index contributed by atoms with van der Waals surface area (Å²) in [7, 11) is -2.01. The van der Waals surface area contributed by atoms with Crippen LogP contribution in [0.1, 0.15) is 26.2 Å². The number of rotatable bonds is 8. The number of hydrogen-bond acceptors (Lipinski definition) is 6. The Bertz CT molecular complexity index is 748. The Kier molecular flexibility index (Phi) is 7.61. The predicted octanol–water partition coefficient (Wildman–Crippen LogP) is 1.63. The summed E-state index contributed by atoms with van der Waals surface area (Å²) in [5, 5.41) is 2.81. The number of sulfonamides is 1. The molecule has 150 valence electrons. The first-order valence-corrected chi connectivity index (χ1v) is 10.5. The van der Waals surface area contributed by atoms with Crippen LogP contribution in [0.25, 0.3) is 0 Å². The smallest absolute Gasteiger partial charge is 0.343 e. The molecule has 1 aromatic carbocycles. The zero-order valence-electron chi connectivity index (χ0n) is 15.6. The van der Waals surface area contributed by atoms with Crippen molar-refractivity contribution in [2.24, 2.45) is 5.92 Å². The van der Waals surface area contributed by atoms with Gasteiger partial charge < -0.3 is 14.8 Å². The fourth-order valence-corrected chi connectivity index (χ4v) is 4.46. The number of methoxy groups -OCH3 is 1. The molecule has 2 rings (SSSR count). The molecular formula is C18H26N2O6S. The van der Waals surface area contributed by atoms with Crippen LogP contribution in [-0.4, -0.2) is 57.2 Å². The van der Waals surface area contributed by atoms with Crippen LogP contribution in [-0.2, 0) is 24.3 Å². The van der Waals surface area contributed by atoms with E-state index in [1.165, 1.54) is 11.4 Å². The van der Waals surface area contributed by atoms with Crippen molar-refractivity contribution in [2.45, 2.75) is 26.2 Å². The van der Waals surface area contributed by atoms with Gasteiger partial charge in [-0.1, -0.05) is 6.92 Å². The summed E-state index contributed by atoms with van der Waals surface area (Å²) in [6, 6.07) is 6.60. The zero-order valence-corrected chi connectivity index (χ0v) is 16.5. The summed E-state index contributed by atoms with van der Waals surface area (Å²) in [5.41, 5.74) is 0.582. The molecule has 9 heteroatoms. The lowest BCUT2D eigenvalue weighted by Gasteiger charge is -2.31. The number of esters is 1. The summed E-state index contributed by atoms with van der Waals surface area (Å²) in [6.07, 6.45) is 1.88. The molecule has 0 radical (unpaired) electrons. The molecule has 1 N–H and O–H groups in total. The fraction of sp³-hybridized carbons (Fsp3) is 0.556. The van der Waals surface area contributed by atoms with Gasteiger partial charge in [0.1, 0.15) is 5.75 Å². The van der Waals surface area contributed by atoms with Crippen LogP contribution in [0.2, 0.25) is 0 Å². The maximum atomic E-state index is 12.5. The van der Waals surface area contributed by atoms with E-state index in [1.54, 1.807) is 24.3 Å². The Morgan fingerprint density at radius 3 is 2.59 bits per heavy atom. The first-order chi connectivity index (χ1) is 12.9. The van der Waals surface area contributed by atoms with E-state index in [0.29, 0.717) is 37.2 Å². The lowest BCUT2D eigenvalue weighted by molar-refractivity contribution is -0.142. The molecule has 1 aromatic rings. The Hall–Kier alpha value is -2.13. The summed E-state index contributed by atoms with van der Waals surface area (Å²) < 4.78 is 35.6. The van der Waals surface area contributed by atoms with Crippen LogP contribution < -0.4 is 10.1 Å². The number of hydrogen-bond donors (Lipinski definition) is 1. The van der Waals surface area contributed by atoms with Gasteiger partial charge in [-0.05, 0) is 43.5 Å². The third-order valence-electron chi connectivity index (χ3n) is 4.32. The number of anilines is 1. The average molecular weight is 398 g/mol. The van der Waals surface area contributed by atoms with Crippen LogP contribution in [0.15, 0.2) is 24.3 Å². The number of piperidine rings is 1. The van der Waals surface area contributed by atoms with Crippen molar-refractivity contribution in [1.29, 1.82) is 0 Å². The van der Waals surface area contributed by atoms with Gasteiger partial charge in [-0.25, -0.2) is 17.5 Å². The van der Waals surface area contributed by atoms with E-state index in [2.05, 4.69) is 10.1 Å². The summed E-state index contributed by atoms with van der Waals surface area (Å²) in [5.74, 6) is -0.468. The molecular weight excluding hydrogens is 372 g/mol. The number of carbonyl (C=O) groups excluding carboxylic acids is 2. The van der Waals surface area contributed by atoms with Gasteiger partial charge in [-0.2, -0.15) is 0 Å². The normalized spacial score (nSPS) is 17.9. The second-order valence-corrected chi connectivity index (χ2v) is 8.48. The van der Waals surface area contributed by atoms with Crippen molar-refractivity contribution in [3.05, 3.63) is 24.3 Å². The van der Waals surface area contributed by atoms with Crippen LogP contribution >= 0.6 is 0 Å². The minimum atomic E-state index is -3.29. The third kappa shape index (κ3) is 6.21. The van der Waals surface area contributed by atoms with Gasteiger partial charge in [0, 0.05) is 18.8 Å². The average Bonchev–Trinajstić information content (AvgIpc) is 2.67. The summed E-state index contributed by atoms with van der Waals surface area (Å²) in [4.78, 5) is 23.6. The highest BCUT2D eigenvalue weighted by molar-refractivity contribution is 7.89. The zero-order chi connectivity index (χ0) is 19.9. The molecule has 1 heterocycles. The number of nitrogens with one attached hydrogen (secondary N) is 1. The molecule has 1 aliphatic rings. The van der Waals surface area contributed by atoms with E-state index in [-0.39, 0.29) is 30.7 Å². The second kappa shape index (κ2) is 9.70. The Labute approximate surface area is 159 Å². The number of carbonyl (C=O) groups is 2. The first kappa shape index (κ1) is 21.2. The first-order valence-electron chi connectivity index (χ1n) is 8.94. The SMILES string of the molecule is CCCS(=O)(=O)N1CCCC(C(=O)Nc2ccc(OCC(=O)OC)cc2)C1. The number of benzene rings is 1. The second-order valence-electron chi connectivity index (χ2n) is 6.39. The van der Waals surface area contributed by atoms with Gasteiger partial charge in [0.25, 0.3) is 0 Å². The van der Waals surface area contributed by atoms with Gasteiger partial charge in [0.05, 0.1) is 18.8 Å². The van der Waals surface area contributed by atoms with Gasteiger partial charge in [0.15, 0.2) is 6.61 Å². The quantitative estimate of drug-likeness (QED) is 0.668. The summed E-state index contributed by atoms with van der Waals surface area (Å²) in [6.45, 7) is 2.32. The van der Waals surface area contributed by atoms with E-state index < -0.39 is 16.0 Å². The fourth-order valence-electron chi connectivity index (χ4n) is 2.88. The van der Waals surface area contributed by atoms with Gasteiger partial charge in [0.2, 0.25) is 15.9 Å². The Morgan fingerprint density at radius 2 is 1.96 bits per heavy atom. The largest absolute Gasteiger partial charge is 0.482 e. The Morgan fingerprint density at radius 1 is 1.26 bits per heavy atom. The molecule has 0 aliphatic carbocycles. The molecule has 1 aliphatic heterocycles. The minimum absolute atomic E-state index is 0.106. The third-order valence-corrected chi connectivity index (χ3v) is 6.36. The van der Waals surface area contributed by atoms with Crippen LogP contribution in [0.3, 0.4) is 0 Å². The highest BCUT2D eigenvalue weighted by Gasteiger charge is 2.31. The van der Waals surface area contributed by atoms with Crippen molar-refractivity contribution in [3.63, 3.8) is 0 Å². The molecule has 0 bridgehead atoms. The molecule has 1 unspecified atom stereocenters. The van der Waals surface area contributed by atoms with Crippen molar-refractivity contribution in [3.8, 4) is 5.75 Å². The minimum Gasteiger partial charge on any atom is -0.482 e. The van der Waals surface area contributed by atoms with Crippen molar-refractivity contribution in [1.82, 2.24) is 4.31 Å². The van der Waals surface area contributed by atoms with Gasteiger partial charge >= 0.3 is 5.97 Å².